The number of hydrogen-bond donors (Lipinski definition) is 1. The molecule has 0 radical (unpaired) electrons. The molecule has 0 amide bonds. The van der Waals surface area contributed by atoms with Crippen molar-refractivity contribution in [3.8, 4) is 11.5 Å². The number of aromatic nitrogens is 2. The summed E-state index contributed by atoms with van der Waals surface area (Å²) in [5.74, 6) is 2.58. The van der Waals surface area contributed by atoms with Crippen molar-refractivity contribution >= 4 is 23.0 Å². The molecule has 0 spiro atoms. The molecule has 0 fully saturated rings. The second kappa shape index (κ2) is 11.1. The van der Waals surface area contributed by atoms with Gasteiger partial charge in [-0.05, 0) is 31.2 Å². The maximum atomic E-state index is 5.79. The first-order valence-electron chi connectivity index (χ1n) is 10.3. The third-order valence-corrected chi connectivity index (χ3v) is 4.37. The number of ether oxygens (including phenoxy) is 4. The summed E-state index contributed by atoms with van der Waals surface area (Å²) in [4.78, 5) is 7.41. The first kappa shape index (κ1) is 21.6. The Hall–Kier alpha value is -3.63. The van der Waals surface area contributed by atoms with Gasteiger partial charge < -0.3 is 23.9 Å². The van der Waals surface area contributed by atoms with Crippen LogP contribution < -0.4 is 9.47 Å². The van der Waals surface area contributed by atoms with Gasteiger partial charge in [-0.25, -0.2) is 4.98 Å². The van der Waals surface area contributed by atoms with Crippen molar-refractivity contribution in [1.82, 2.24) is 9.97 Å². The molecule has 166 valence electrons. The van der Waals surface area contributed by atoms with Crippen LogP contribution in [0.25, 0.3) is 0 Å². The largest absolute Gasteiger partial charge is 0.489 e. The highest BCUT2D eigenvalue weighted by atomic mass is 16.6. The predicted octanol–water partition coefficient (Wildman–Crippen LogP) is 5.35. The Morgan fingerprint density at radius 2 is 1.19 bits per heavy atom. The Balaban J connectivity index is 1.62. The van der Waals surface area contributed by atoms with Gasteiger partial charge in [0.05, 0.1) is 26.4 Å². The summed E-state index contributed by atoms with van der Waals surface area (Å²) >= 11 is 0. The van der Waals surface area contributed by atoms with Crippen LogP contribution in [0.2, 0.25) is 0 Å². The van der Waals surface area contributed by atoms with E-state index < -0.39 is 0 Å². The number of azo groups is 2. The quantitative estimate of drug-likeness (QED) is 0.510. The van der Waals surface area contributed by atoms with Crippen LogP contribution in [0, 0.1) is 6.92 Å². The Morgan fingerprint density at radius 3 is 1.81 bits per heavy atom. The highest BCUT2D eigenvalue weighted by molar-refractivity contribution is 5.55. The van der Waals surface area contributed by atoms with Gasteiger partial charge in [0.15, 0.2) is 0 Å². The third-order valence-electron chi connectivity index (χ3n) is 4.37. The van der Waals surface area contributed by atoms with Crippen molar-refractivity contribution in [2.24, 2.45) is 20.5 Å². The minimum Gasteiger partial charge on any atom is -0.489 e. The van der Waals surface area contributed by atoms with Crippen molar-refractivity contribution in [1.29, 1.82) is 0 Å². The van der Waals surface area contributed by atoms with Gasteiger partial charge >= 0.3 is 0 Å². The van der Waals surface area contributed by atoms with E-state index in [0.717, 1.165) is 0 Å². The highest BCUT2D eigenvalue weighted by Gasteiger charge is 2.10. The number of benzene rings is 2. The first-order chi connectivity index (χ1) is 15.8. The summed E-state index contributed by atoms with van der Waals surface area (Å²) in [6.07, 6.45) is 0. The van der Waals surface area contributed by atoms with Gasteiger partial charge in [0, 0.05) is 0 Å². The monoisotopic (exact) mass is 436 g/mol. The molecule has 2 heterocycles. The van der Waals surface area contributed by atoms with Crippen molar-refractivity contribution in [3.05, 3.63) is 54.4 Å². The Kier molecular flexibility index (Phi) is 7.51. The molecule has 1 N–H and O–H groups in total. The molecule has 2 aromatic carbocycles. The maximum absolute atomic E-state index is 5.79. The zero-order valence-corrected chi connectivity index (χ0v) is 17.7. The second-order valence-corrected chi connectivity index (χ2v) is 6.75. The van der Waals surface area contributed by atoms with Crippen LogP contribution in [-0.4, -0.2) is 49.6 Å². The first-order valence-corrected chi connectivity index (χ1v) is 10.3. The average molecular weight is 436 g/mol. The van der Waals surface area contributed by atoms with E-state index in [2.05, 4.69) is 30.4 Å². The fraction of sp³-hybridized carbons (Fsp3) is 0.318. The fourth-order valence-electron chi connectivity index (χ4n) is 2.88. The van der Waals surface area contributed by atoms with Crippen LogP contribution in [0.5, 0.6) is 11.5 Å². The number of hydrogen-bond acceptors (Lipinski definition) is 9. The van der Waals surface area contributed by atoms with Crippen molar-refractivity contribution in [2.75, 3.05) is 39.6 Å². The molecule has 0 saturated heterocycles. The maximum Gasteiger partial charge on any atom is 0.221 e. The zero-order valence-electron chi connectivity index (χ0n) is 17.7. The molecule has 0 aliphatic carbocycles. The minimum absolute atomic E-state index is 0.325. The molecular formula is C22H24N6O4. The smallest absolute Gasteiger partial charge is 0.221 e. The van der Waals surface area contributed by atoms with Crippen LogP contribution in [0.3, 0.4) is 0 Å². The number of nitrogens with one attached hydrogen (secondary N) is 1. The lowest BCUT2D eigenvalue weighted by molar-refractivity contribution is 0.0274. The van der Waals surface area contributed by atoms with E-state index in [1.54, 1.807) is 0 Å². The number of fused-ring (bicyclic) bond motifs is 3. The predicted molar refractivity (Wildman–Crippen MR) is 117 cm³/mol. The topological polar surface area (TPSA) is 115 Å². The summed E-state index contributed by atoms with van der Waals surface area (Å²) in [5.41, 5.74) is 1.16. The molecule has 1 aliphatic rings. The number of aromatic amines is 1. The molecule has 0 atom stereocenters. The van der Waals surface area contributed by atoms with Crippen LogP contribution in [-0.2, 0) is 9.47 Å². The molecule has 3 aromatic rings. The molecule has 10 nitrogen and oxygen atoms in total. The minimum atomic E-state index is 0.325. The number of H-pyrrole nitrogens is 1. The van der Waals surface area contributed by atoms with E-state index in [0.29, 0.717) is 80.0 Å². The van der Waals surface area contributed by atoms with E-state index in [-0.39, 0.29) is 0 Å². The van der Waals surface area contributed by atoms with Crippen LogP contribution >= 0.6 is 0 Å². The molecule has 32 heavy (non-hydrogen) atoms. The lowest BCUT2D eigenvalue weighted by Gasteiger charge is -2.10. The van der Waals surface area contributed by atoms with Crippen molar-refractivity contribution in [3.63, 3.8) is 0 Å². The van der Waals surface area contributed by atoms with Gasteiger partial charge in [0.2, 0.25) is 11.6 Å². The van der Waals surface area contributed by atoms with Crippen LogP contribution in [0.4, 0.5) is 23.0 Å². The summed E-state index contributed by atoms with van der Waals surface area (Å²) in [6, 6.07) is 14.8. The fourth-order valence-corrected chi connectivity index (χ4v) is 2.88. The Labute approximate surface area is 185 Å². The molecule has 0 bridgehead atoms. The molecule has 1 aliphatic heterocycles. The van der Waals surface area contributed by atoms with E-state index in [9.17, 15) is 0 Å². The van der Waals surface area contributed by atoms with E-state index in [4.69, 9.17) is 18.9 Å². The summed E-state index contributed by atoms with van der Waals surface area (Å²) in [6.45, 7) is 4.38. The average Bonchev–Trinajstić information content (AvgIpc) is 3.17. The van der Waals surface area contributed by atoms with Crippen molar-refractivity contribution < 1.29 is 18.9 Å². The normalized spacial score (nSPS) is 15.5. The SMILES string of the molecule is Cc1nc2c([nH]1)N=Nc1ccccc1OCCOCCOCCOc1ccccc1N=N2. The lowest BCUT2D eigenvalue weighted by atomic mass is 10.3. The van der Waals surface area contributed by atoms with Crippen LogP contribution in [0.15, 0.2) is 69.0 Å². The van der Waals surface area contributed by atoms with Gasteiger partial charge in [-0.2, -0.15) is 0 Å². The number of nitrogens with zero attached hydrogens (tertiary/aromatic N) is 5. The van der Waals surface area contributed by atoms with E-state index >= 15 is 0 Å². The molecule has 4 rings (SSSR count). The molecule has 0 unspecified atom stereocenters. The van der Waals surface area contributed by atoms with Gasteiger partial charge in [-0.3, -0.25) is 0 Å². The highest BCUT2D eigenvalue weighted by Crippen LogP contribution is 2.33. The Morgan fingerprint density at radius 1 is 0.656 bits per heavy atom. The van der Waals surface area contributed by atoms with E-state index in [1.165, 1.54) is 0 Å². The molecule has 1 aromatic heterocycles. The summed E-state index contributed by atoms with van der Waals surface area (Å²) < 4.78 is 22.7. The lowest BCUT2D eigenvalue weighted by Crippen LogP contribution is -2.13. The van der Waals surface area contributed by atoms with Crippen molar-refractivity contribution in [2.45, 2.75) is 6.92 Å². The van der Waals surface area contributed by atoms with E-state index in [1.807, 2.05) is 55.5 Å². The second-order valence-electron chi connectivity index (χ2n) is 6.75. The standard InChI is InChI=1S/C22H24N6O4/c1-16-23-21-22(24-16)28-26-18-7-3-5-9-20(18)32-15-13-30-11-10-29-12-14-31-19-8-4-2-6-17(19)25-27-21/h2-9H,10-15H2,1H3,(H,23,24). The number of imidazole rings is 1. The molecule has 0 saturated carbocycles. The van der Waals surface area contributed by atoms with Gasteiger partial charge in [-0.15, -0.1) is 20.5 Å². The third kappa shape index (κ3) is 5.96. The number of para-hydroxylation sites is 2. The molecular weight excluding hydrogens is 412 g/mol. The van der Waals surface area contributed by atoms with Gasteiger partial charge in [-0.1, -0.05) is 24.3 Å². The zero-order chi connectivity index (χ0) is 22.0. The summed E-state index contributed by atoms with van der Waals surface area (Å²) in [5, 5.41) is 17.2. The Bertz CT molecular complexity index is 999. The number of rotatable bonds is 0. The number of aryl methyl sites for hydroxylation is 1. The van der Waals surface area contributed by atoms with Crippen LogP contribution in [0.1, 0.15) is 5.82 Å². The van der Waals surface area contributed by atoms with Gasteiger partial charge in [0.1, 0.15) is 41.9 Å². The summed E-state index contributed by atoms with van der Waals surface area (Å²) in [7, 11) is 0. The molecule has 10 heteroatoms. The van der Waals surface area contributed by atoms with Gasteiger partial charge in [0.25, 0.3) is 0 Å².